The third-order valence-electron chi connectivity index (χ3n) is 3.52. The Kier molecular flexibility index (Phi) is 5.06. The van der Waals surface area contributed by atoms with Crippen LogP contribution in [0, 0.1) is 5.41 Å². The van der Waals surface area contributed by atoms with Gasteiger partial charge in [-0.3, -0.25) is 4.79 Å². The zero-order valence-electron chi connectivity index (χ0n) is 14.3. The van der Waals surface area contributed by atoms with Crippen LogP contribution in [0.3, 0.4) is 0 Å². The van der Waals surface area contributed by atoms with E-state index < -0.39 is 47.4 Å². The highest BCUT2D eigenvalue weighted by Gasteiger charge is 2.86. The molecule has 0 radical (unpaired) electrons. The number of carbonyl (C=O) groups is 2. The number of rotatable bonds is 3. The highest BCUT2D eigenvalue weighted by atomic mass is 19.4. The first-order chi connectivity index (χ1) is 10.9. The molecular weight excluding hydrogens is 355 g/mol. The largest absolute Gasteiger partial charge is 0.462 e. The van der Waals surface area contributed by atoms with E-state index in [-0.39, 0.29) is 5.57 Å². The van der Waals surface area contributed by atoms with E-state index in [2.05, 4.69) is 20.8 Å². The van der Waals surface area contributed by atoms with Gasteiger partial charge in [-0.15, -0.1) is 0 Å². The van der Waals surface area contributed by atoms with Crippen LogP contribution in [0.25, 0.3) is 0 Å². The Morgan fingerprint density at radius 2 is 1.60 bits per heavy atom. The van der Waals surface area contributed by atoms with Crippen LogP contribution >= 0.6 is 0 Å². The predicted octanol–water partition coefficient (Wildman–Crippen LogP) is 3.38. The Morgan fingerprint density at radius 1 is 1.12 bits per heavy atom. The second-order valence-corrected chi connectivity index (χ2v) is 7.02. The van der Waals surface area contributed by atoms with Crippen molar-refractivity contribution < 1.29 is 45.8 Å². The van der Waals surface area contributed by atoms with Gasteiger partial charge in [-0.25, -0.2) is 4.79 Å². The number of hydrogen-bond acceptors (Lipinski definition) is 5. The standard InChI is InChI=1S/C15H19F5O5/c1-8(2)9(21)24-12(6)7-23-14(13(12,16)17,15(18,19)20)25-10(22)11(3,4)5/h1,7H2,2-6H3. The lowest BCUT2D eigenvalue weighted by Gasteiger charge is -2.39. The summed E-state index contributed by atoms with van der Waals surface area (Å²) in [6.45, 7) is 7.10. The van der Waals surface area contributed by atoms with Gasteiger partial charge in [0.1, 0.15) is 0 Å². The van der Waals surface area contributed by atoms with Gasteiger partial charge in [0.2, 0.25) is 5.60 Å². The molecule has 2 atom stereocenters. The first-order valence-corrected chi connectivity index (χ1v) is 7.12. The van der Waals surface area contributed by atoms with Gasteiger partial charge in [0.15, 0.2) is 0 Å². The van der Waals surface area contributed by atoms with Crippen molar-refractivity contribution in [3.63, 3.8) is 0 Å². The summed E-state index contributed by atoms with van der Waals surface area (Å²) < 4.78 is 82.8. The molecule has 10 heteroatoms. The second-order valence-electron chi connectivity index (χ2n) is 7.02. The van der Waals surface area contributed by atoms with Crippen LogP contribution in [0.4, 0.5) is 22.0 Å². The van der Waals surface area contributed by atoms with Crippen molar-refractivity contribution in [2.24, 2.45) is 5.41 Å². The fourth-order valence-electron chi connectivity index (χ4n) is 1.85. The lowest BCUT2D eigenvalue weighted by atomic mass is 9.92. The third-order valence-corrected chi connectivity index (χ3v) is 3.52. The summed E-state index contributed by atoms with van der Waals surface area (Å²) in [5, 5.41) is 0. The lowest BCUT2D eigenvalue weighted by molar-refractivity contribution is -0.410. The average molecular weight is 374 g/mol. The van der Waals surface area contributed by atoms with Crippen LogP contribution in [0.5, 0.6) is 0 Å². The molecule has 5 nitrogen and oxygen atoms in total. The molecule has 0 aromatic carbocycles. The summed E-state index contributed by atoms with van der Waals surface area (Å²) in [4.78, 5) is 23.4. The van der Waals surface area contributed by atoms with Gasteiger partial charge in [-0.2, -0.15) is 22.0 Å². The van der Waals surface area contributed by atoms with Crippen molar-refractivity contribution in [3.8, 4) is 0 Å². The Morgan fingerprint density at radius 3 is 1.96 bits per heavy atom. The van der Waals surface area contributed by atoms with Crippen LogP contribution in [0.15, 0.2) is 12.2 Å². The molecule has 0 aromatic rings. The van der Waals surface area contributed by atoms with Crippen molar-refractivity contribution in [2.45, 2.75) is 58.1 Å². The summed E-state index contributed by atoms with van der Waals surface area (Å²) in [6, 6.07) is 0. The van der Waals surface area contributed by atoms with Gasteiger partial charge in [0.25, 0.3) is 0 Å². The Bertz CT molecular complexity index is 592. The molecule has 1 aliphatic heterocycles. The highest BCUT2D eigenvalue weighted by molar-refractivity contribution is 5.87. The van der Waals surface area contributed by atoms with Gasteiger partial charge >= 0.3 is 29.8 Å². The highest BCUT2D eigenvalue weighted by Crippen LogP contribution is 2.57. The molecule has 1 heterocycles. The first kappa shape index (κ1) is 21.3. The fraction of sp³-hybridized carbons (Fsp3) is 0.733. The molecule has 2 unspecified atom stereocenters. The number of carbonyl (C=O) groups excluding carboxylic acids is 2. The number of halogens is 5. The van der Waals surface area contributed by atoms with Crippen molar-refractivity contribution in [2.75, 3.05) is 6.61 Å². The maximum atomic E-state index is 14.8. The Balaban J connectivity index is 3.40. The summed E-state index contributed by atoms with van der Waals surface area (Å²) in [5.41, 5.74) is -4.82. The first-order valence-electron chi connectivity index (χ1n) is 7.12. The molecule has 0 aliphatic carbocycles. The van der Waals surface area contributed by atoms with E-state index >= 15 is 0 Å². The molecule has 1 aliphatic rings. The molecular formula is C15H19F5O5. The zero-order chi connectivity index (χ0) is 20.1. The fourth-order valence-corrected chi connectivity index (χ4v) is 1.85. The lowest BCUT2D eigenvalue weighted by Crippen LogP contribution is -2.65. The number of esters is 2. The van der Waals surface area contributed by atoms with E-state index in [1.54, 1.807) is 0 Å². The molecule has 0 bridgehead atoms. The molecule has 1 saturated heterocycles. The van der Waals surface area contributed by atoms with Gasteiger partial charge < -0.3 is 14.2 Å². The minimum atomic E-state index is -5.79. The molecule has 1 fully saturated rings. The Labute approximate surface area is 141 Å². The normalized spacial score (nSPS) is 29.2. The smallest absolute Gasteiger partial charge is 0.447 e. The van der Waals surface area contributed by atoms with Gasteiger partial charge in [-0.05, 0) is 34.6 Å². The maximum Gasteiger partial charge on any atom is 0.462 e. The van der Waals surface area contributed by atoms with Crippen LogP contribution in [-0.2, 0) is 23.8 Å². The summed E-state index contributed by atoms with van der Waals surface area (Å²) in [6.07, 6.45) is -5.79. The van der Waals surface area contributed by atoms with E-state index in [1.165, 1.54) is 20.8 Å². The summed E-state index contributed by atoms with van der Waals surface area (Å²) in [7, 11) is 0. The second kappa shape index (κ2) is 5.93. The predicted molar refractivity (Wildman–Crippen MR) is 74.5 cm³/mol. The number of hydrogen-bond donors (Lipinski definition) is 0. The van der Waals surface area contributed by atoms with E-state index in [0.717, 1.165) is 6.92 Å². The number of alkyl halides is 5. The molecule has 0 saturated carbocycles. The monoisotopic (exact) mass is 374 g/mol. The molecule has 25 heavy (non-hydrogen) atoms. The molecule has 0 aromatic heterocycles. The summed E-state index contributed by atoms with van der Waals surface area (Å²) >= 11 is 0. The van der Waals surface area contributed by atoms with Crippen LogP contribution < -0.4 is 0 Å². The van der Waals surface area contributed by atoms with Crippen molar-refractivity contribution in [3.05, 3.63) is 12.2 Å². The molecule has 0 amide bonds. The molecule has 144 valence electrons. The average Bonchev–Trinajstić information content (AvgIpc) is 2.58. The minimum Gasteiger partial charge on any atom is -0.447 e. The van der Waals surface area contributed by atoms with Crippen molar-refractivity contribution in [1.29, 1.82) is 0 Å². The van der Waals surface area contributed by atoms with Crippen LogP contribution in [0.2, 0.25) is 0 Å². The van der Waals surface area contributed by atoms with E-state index in [0.29, 0.717) is 6.92 Å². The maximum absolute atomic E-state index is 14.8. The van der Waals surface area contributed by atoms with Gasteiger partial charge in [0, 0.05) is 5.57 Å². The van der Waals surface area contributed by atoms with Crippen LogP contribution in [-0.4, -0.2) is 42.0 Å². The summed E-state index contributed by atoms with van der Waals surface area (Å²) in [5.74, 6) is -12.4. The minimum absolute atomic E-state index is 0.298. The molecule has 1 rings (SSSR count). The van der Waals surface area contributed by atoms with Gasteiger partial charge in [-0.1, -0.05) is 6.58 Å². The molecule has 0 N–H and O–H groups in total. The molecule has 0 spiro atoms. The topological polar surface area (TPSA) is 61.8 Å². The van der Waals surface area contributed by atoms with E-state index in [1.807, 2.05) is 0 Å². The van der Waals surface area contributed by atoms with E-state index in [4.69, 9.17) is 0 Å². The van der Waals surface area contributed by atoms with E-state index in [9.17, 15) is 31.5 Å². The van der Waals surface area contributed by atoms with Crippen molar-refractivity contribution in [1.82, 2.24) is 0 Å². The van der Waals surface area contributed by atoms with Gasteiger partial charge in [0.05, 0.1) is 12.0 Å². The number of ether oxygens (including phenoxy) is 3. The van der Waals surface area contributed by atoms with Crippen molar-refractivity contribution >= 4 is 11.9 Å². The quantitative estimate of drug-likeness (QED) is 0.431. The Hall–Kier alpha value is -1.71. The zero-order valence-corrected chi connectivity index (χ0v) is 14.3. The van der Waals surface area contributed by atoms with Crippen LogP contribution in [0.1, 0.15) is 34.6 Å². The SMILES string of the molecule is C=C(C)C(=O)OC1(C)COC(OC(=O)C(C)(C)C)(C(F)(F)F)C1(F)F. The third kappa shape index (κ3) is 3.36.